The zero-order chi connectivity index (χ0) is 17.9. The van der Waals surface area contributed by atoms with E-state index in [9.17, 15) is 8.42 Å². The summed E-state index contributed by atoms with van der Waals surface area (Å²) in [5, 5.41) is 7.87. The van der Waals surface area contributed by atoms with Crippen LogP contribution in [0.3, 0.4) is 0 Å². The van der Waals surface area contributed by atoms with Gasteiger partial charge in [0.05, 0.1) is 12.3 Å². The third-order valence-electron chi connectivity index (χ3n) is 3.65. The molecule has 2 aromatic carbocycles. The van der Waals surface area contributed by atoms with Crippen LogP contribution in [0.1, 0.15) is 22.6 Å². The molecule has 1 aromatic heterocycles. The highest BCUT2D eigenvalue weighted by molar-refractivity contribution is 7.88. The van der Waals surface area contributed by atoms with E-state index in [2.05, 4.69) is 14.9 Å². The van der Waals surface area contributed by atoms with Gasteiger partial charge in [0.1, 0.15) is 0 Å². The number of aryl methyl sites for hydroxylation is 2. The summed E-state index contributed by atoms with van der Waals surface area (Å²) < 4.78 is 32.4. The average molecular weight is 357 g/mol. The van der Waals surface area contributed by atoms with Crippen molar-refractivity contribution in [3.8, 4) is 11.5 Å². The van der Waals surface area contributed by atoms with E-state index in [0.717, 1.165) is 22.3 Å². The number of hydrogen-bond donors (Lipinski definition) is 1. The monoisotopic (exact) mass is 357 g/mol. The summed E-state index contributed by atoms with van der Waals surface area (Å²) in [4.78, 5) is 0. The molecule has 1 heterocycles. The molecule has 0 bridgehead atoms. The van der Waals surface area contributed by atoms with Crippen LogP contribution in [0.4, 0.5) is 0 Å². The van der Waals surface area contributed by atoms with Crippen LogP contribution in [-0.4, -0.2) is 18.6 Å². The summed E-state index contributed by atoms with van der Waals surface area (Å²) in [6, 6.07) is 15.0. The first-order chi connectivity index (χ1) is 11.9. The molecule has 1 N–H and O–H groups in total. The van der Waals surface area contributed by atoms with Crippen molar-refractivity contribution in [2.45, 2.75) is 26.1 Å². The number of hydrogen-bond acceptors (Lipinski definition) is 5. The number of benzene rings is 2. The Bertz CT molecular complexity index is 963. The smallest absolute Gasteiger partial charge is 0.247 e. The predicted molar refractivity (Wildman–Crippen MR) is 95.1 cm³/mol. The van der Waals surface area contributed by atoms with Gasteiger partial charge in [-0.2, -0.15) is 0 Å². The highest BCUT2D eigenvalue weighted by atomic mass is 32.2. The molecule has 0 aliphatic carbocycles. The largest absolute Gasteiger partial charge is 0.419 e. The van der Waals surface area contributed by atoms with Crippen LogP contribution in [0.25, 0.3) is 11.5 Å². The van der Waals surface area contributed by atoms with Crippen molar-refractivity contribution < 1.29 is 12.8 Å². The Labute approximate surface area is 147 Å². The summed E-state index contributed by atoms with van der Waals surface area (Å²) >= 11 is 0. The molecule has 130 valence electrons. The van der Waals surface area contributed by atoms with Crippen molar-refractivity contribution >= 4 is 10.0 Å². The number of rotatable bonds is 6. The summed E-state index contributed by atoms with van der Waals surface area (Å²) in [7, 11) is -3.49. The summed E-state index contributed by atoms with van der Waals surface area (Å²) in [6.07, 6.45) is 0. The Morgan fingerprint density at radius 3 is 2.48 bits per heavy atom. The van der Waals surface area contributed by atoms with Gasteiger partial charge in [0, 0.05) is 5.56 Å². The molecule has 0 radical (unpaired) electrons. The normalized spacial score (nSPS) is 11.6. The fraction of sp³-hybridized carbons (Fsp3) is 0.222. The molecule has 3 aromatic rings. The van der Waals surface area contributed by atoms with Crippen molar-refractivity contribution in [1.82, 2.24) is 14.9 Å². The van der Waals surface area contributed by atoms with E-state index in [1.54, 1.807) is 12.1 Å². The molecule has 0 saturated carbocycles. The molecule has 7 heteroatoms. The van der Waals surface area contributed by atoms with Crippen molar-refractivity contribution in [1.29, 1.82) is 0 Å². The van der Waals surface area contributed by atoms with E-state index in [4.69, 9.17) is 4.42 Å². The summed E-state index contributed by atoms with van der Waals surface area (Å²) in [5.41, 5.74) is 3.70. The maximum Gasteiger partial charge on any atom is 0.247 e. The van der Waals surface area contributed by atoms with Gasteiger partial charge < -0.3 is 4.42 Å². The maximum absolute atomic E-state index is 12.2. The van der Waals surface area contributed by atoms with E-state index in [-0.39, 0.29) is 18.2 Å². The maximum atomic E-state index is 12.2. The van der Waals surface area contributed by atoms with Crippen LogP contribution in [0.5, 0.6) is 0 Å². The lowest BCUT2D eigenvalue weighted by Gasteiger charge is -2.05. The van der Waals surface area contributed by atoms with Gasteiger partial charge in [-0.15, -0.1) is 10.2 Å². The Kier molecular flexibility index (Phi) is 4.96. The Balaban J connectivity index is 1.64. The predicted octanol–water partition coefficient (Wildman–Crippen LogP) is 2.97. The number of nitrogens with zero attached hydrogens (tertiary/aromatic N) is 2. The second kappa shape index (κ2) is 7.16. The van der Waals surface area contributed by atoms with Gasteiger partial charge in [-0.1, -0.05) is 47.5 Å². The standard InChI is InChI=1S/C18H19N3O3S/c1-13-6-8-15(9-7-13)12-25(22,23)19-11-17-20-21-18(24-17)16-5-3-4-14(2)10-16/h3-10,19H,11-12H2,1-2H3. The van der Waals surface area contributed by atoms with Gasteiger partial charge >= 0.3 is 0 Å². The third-order valence-corrected chi connectivity index (χ3v) is 4.95. The zero-order valence-electron chi connectivity index (χ0n) is 14.1. The van der Waals surface area contributed by atoms with Gasteiger partial charge in [0.2, 0.25) is 21.8 Å². The molecular formula is C18H19N3O3S. The van der Waals surface area contributed by atoms with Crippen LogP contribution in [0.2, 0.25) is 0 Å². The lowest BCUT2D eigenvalue weighted by molar-refractivity contribution is 0.494. The fourth-order valence-corrected chi connectivity index (χ4v) is 3.42. The van der Waals surface area contributed by atoms with E-state index >= 15 is 0 Å². The Morgan fingerprint density at radius 2 is 1.76 bits per heavy atom. The van der Waals surface area contributed by atoms with Crippen LogP contribution in [0, 0.1) is 13.8 Å². The molecule has 25 heavy (non-hydrogen) atoms. The highest BCUT2D eigenvalue weighted by Crippen LogP contribution is 2.18. The van der Waals surface area contributed by atoms with E-state index < -0.39 is 10.0 Å². The second-order valence-electron chi connectivity index (χ2n) is 5.94. The first-order valence-corrected chi connectivity index (χ1v) is 9.49. The van der Waals surface area contributed by atoms with Crippen molar-refractivity contribution in [2.75, 3.05) is 0 Å². The fourth-order valence-electron chi connectivity index (χ4n) is 2.35. The Hall–Kier alpha value is -2.51. The molecule has 0 saturated heterocycles. The van der Waals surface area contributed by atoms with Crippen molar-refractivity contribution in [3.05, 3.63) is 71.1 Å². The molecule has 0 amide bonds. The topological polar surface area (TPSA) is 85.1 Å². The highest BCUT2D eigenvalue weighted by Gasteiger charge is 2.14. The molecule has 0 unspecified atom stereocenters. The van der Waals surface area contributed by atoms with Crippen LogP contribution in [-0.2, 0) is 22.3 Å². The summed E-state index contributed by atoms with van der Waals surface area (Å²) in [5.74, 6) is 0.506. The second-order valence-corrected chi connectivity index (χ2v) is 7.74. The lowest BCUT2D eigenvalue weighted by Crippen LogP contribution is -2.24. The molecule has 0 atom stereocenters. The number of sulfonamides is 1. The van der Waals surface area contributed by atoms with Crippen LogP contribution in [0.15, 0.2) is 52.9 Å². The van der Waals surface area contributed by atoms with Crippen molar-refractivity contribution in [3.63, 3.8) is 0 Å². The SMILES string of the molecule is Cc1ccc(CS(=O)(=O)NCc2nnc(-c3cccc(C)c3)o2)cc1. The van der Waals surface area contributed by atoms with Gasteiger partial charge in [-0.25, -0.2) is 13.1 Å². The molecular weight excluding hydrogens is 338 g/mol. The van der Waals surface area contributed by atoms with E-state index in [0.29, 0.717) is 5.89 Å². The first-order valence-electron chi connectivity index (χ1n) is 7.83. The van der Waals surface area contributed by atoms with Gasteiger partial charge in [-0.3, -0.25) is 0 Å². The number of aromatic nitrogens is 2. The molecule has 3 rings (SSSR count). The molecule has 0 aliphatic rings. The molecule has 0 aliphatic heterocycles. The third kappa shape index (κ3) is 4.74. The lowest BCUT2D eigenvalue weighted by atomic mass is 10.1. The quantitative estimate of drug-likeness (QED) is 0.733. The number of nitrogens with one attached hydrogen (secondary N) is 1. The minimum Gasteiger partial charge on any atom is -0.419 e. The first kappa shape index (κ1) is 17.3. The van der Waals surface area contributed by atoms with Crippen molar-refractivity contribution in [2.24, 2.45) is 0 Å². The molecule has 0 spiro atoms. The van der Waals surface area contributed by atoms with Gasteiger partial charge in [-0.05, 0) is 31.5 Å². The zero-order valence-corrected chi connectivity index (χ0v) is 14.9. The van der Waals surface area contributed by atoms with E-state index in [1.807, 2.05) is 50.2 Å². The minimum absolute atomic E-state index is 0.0347. The summed E-state index contributed by atoms with van der Waals surface area (Å²) in [6.45, 7) is 3.89. The van der Waals surface area contributed by atoms with Crippen LogP contribution < -0.4 is 4.72 Å². The molecule has 0 fully saturated rings. The van der Waals surface area contributed by atoms with E-state index in [1.165, 1.54) is 0 Å². The van der Waals surface area contributed by atoms with Gasteiger partial charge in [0.15, 0.2) is 0 Å². The average Bonchev–Trinajstić information content (AvgIpc) is 3.04. The van der Waals surface area contributed by atoms with Crippen LogP contribution >= 0.6 is 0 Å². The Morgan fingerprint density at radius 1 is 1.00 bits per heavy atom. The minimum atomic E-state index is -3.49. The molecule has 6 nitrogen and oxygen atoms in total. The van der Waals surface area contributed by atoms with Gasteiger partial charge in [0.25, 0.3) is 0 Å².